The third-order valence-corrected chi connectivity index (χ3v) is 1.99. The number of nitrogens with zero attached hydrogens (tertiary/aromatic N) is 1. The number of pyridine rings is 1. The lowest BCUT2D eigenvalue weighted by Crippen LogP contribution is -1.99. The first-order valence-electron chi connectivity index (χ1n) is 4.15. The van der Waals surface area contributed by atoms with Crippen molar-refractivity contribution in [2.24, 2.45) is 5.73 Å². The molecule has 0 atom stereocenters. The second-order valence-corrected chi connectivity index (χ2v) is 2.96. The number of rotatable bonds is 1. The van der Waals surface area contributed by atoms with E-state index in [1.807, 2.05) is 0 Å². The van der Waals surface area contributed by atoms with Gasteiger partial charge in [0.2, 0.25) is 0 Å². The number of fused-ring (bicyclic) bond motifs is 1. The third-order valence-electron chi connectivity index (χ3n) is 1.99. The van der Waals surface area contributed by atoms with Gasteiger partial charge in [0.15, 0.2) is 0 Å². The number of halogens is 2. The molecular weight excluding hydrogens is 186 g/mol. The van der Waals surface area contributed by atoms with Crippen LogP contribution >= 0.6 is 0 Å². The second kappa shape index (κ2) is 3.31. The molecule has 1 heterocycles. The van der Waals surface area contributed by atoms with Crippen molar-refractivity contribution in [1.29, 1.82) is 0 Å². The van der Waals surface area contributed by atoms with E-state index in [-0.39, 0.29) is 6.54 Å². The largest absolute Gasteiger partial charge is 0.325 e. The zero-order chi connectivity index (χ0) is 10.1. The molecule has 0 saturated heterocycles. The highest BCUT2D eigenvalue weighted by atomic mass is 19.1. The Morgan fingerprint density at radius 1 is 1.21 bits per heavy atom. The van der Waals surface area contributed by atoms with Crippen molar-refractivity contribution < 1.29 is 8.78 Å². The van der Waals surface area contributed by atoms with Crippen LogP contribution in [-0.4, -0.2) is 4.98 Å². The third kappa shape index (κ3) is 1.44. The van der Waals surface area contributed by atoms with Gasteiger partial charge in [0.25, 0.3) is 0 Å². The van der Waals surface area contributed by atoms with E-state index < -0.39 is 11.6 Å². The maximum absolute atomic E-state index is 13.2. The summed E-state index contributed by atoms with van der Waals surface area (Å²) >= 11 is 0. The summed E-state index contributed by atoms with van der Waals surface area (Å²) in [6, 6.07) is 5.21. The zero-order valence-electron chi connectivity index (χ0n) is 7.30. The van der Waals surface area contributed by atoms with Crippen molar-refractivity contribution in [2.75, 3.05) is 0 Å². The van der Waals surface area contributed by atoms with Gasteiger partial charge in [0, 0.05) is 24.1 Å². The molecule has 0 radical (unpaired) electrons. The molecule has 2 N–H and O–H groups in total. The molecule has 0 fully saturated rings. The first-order chi connectivity index (χ1) is 6.70. The van der Waals surface area contributed by atoms with Crippen molar-refractivity contribution >= 4 is 10.9 Å². The highest BCUT2D eigenvalue weighted by Gasteiger charge is 2.05. The normalized spacial score (nSPS) is 10.8. The average Bonchev–Trinajstić information content (AvgIpc) is 2.16. The van der Waals surface area contributed by atoms with E-state index >= 15 is 0 Å². The smallest absolute Gasteiger partial charge is 0.135 e. The van der Waals surface area contributed by atoms with E-state index in [0.29, 0.717) is 16.6 Å². The first kappa shape index (κ1) is 9.02. The molecule has 4 heteroatoms. The summed E-state index contributed by atoms with van der Waals surface area (Å²) in [5.41, 5.74) is 6.28. The van der Waals surface area contributed by atoms with Crippen LogP contribution in [0.4, 0.5) is 8.78 Å². The number of aromatic nitrogens is 1. The van der Waals surface area contributed by atoms with Crippen molar-refractivity contribution in [3.8, 4) is 0 Å². The van der Waals surface area contributed by atoms with Crippen LogP contribution in [0.15, 0.2) is 24.3 Å². The number of hydrogen-bond acceptors (Lipinski definition) is 2. The minimum atomic E-state index is -0.628. The Morgan fingerprint density at radius 2 is 2.00 bits per heavy atom. The fraction of sp³-hybridized carbons (Fsp3) is 0.100. The van der Waals surface area contributed by atoms with E-state index in [4.69, 9.17) is 5.73 Å². The first-order valence-corrected chi connectivity index (χ1v) is 4.15. The van der Waals surface area contributed by atoms with Crippen LogP contribution in [0, 0.1) is 11.6 Å². The number of hydrogen-bond donors (Lipinski definition) is 1. The zero-order valence-corrected chi connectivity index (χ0v) is 7.30. The van der Waals surface area contributed by atoms with Gasteiger partial charge in [-0.3, -0.25) is 4.98 Å². The van der Waals surface area contributed by atoms with Crippen molar-refractivity contribution in [1.82, 2.24) is 4.98 Å². The summed E-state index contributed by atoms with van der Waals surface area (Å²) < 4.78 is 26.0. The lowest BCUT2D eigenvalue weighted by atomic mass is 10.2. The van der Waals surface area contributed by atoms with Crippen LogP contribution in [0.25, 0.3) is 10.9 Å². The van der Waals surface area contributed by atoms with Gasteiger partial charge < -0.3 is 5.73 Å². The molecule has 0 bridgehead atoms. The van der Waals surface area contributed by atoms with Gasteiger partial charge in [-0.05, 0) is 12.1 Å². The predicted octanol–water partition coefficient (Wildman–Crippen LogP) is 1.97. The quantitative estimate of drug-likeness (QED) is 0.753. The molecule has 72 valence electrons. The minimum Gasteiger partial charge on any atom is -0.325 e. The second-order valence-electron chi connectivity index (χ2n) is 2.96. The molecule has 1 aromatic heterocycles. The van der Waals surface area contributed by atoms with Gasteiger partial charge >= 0.3 is 0 Å². The number of nitrogens with two attached hydrogens (primary N) is 1. The van der Waals surface area contributed by atoms with E-state index in [9.17, 15) is 8.78 Å². The Labute approximate surface area is 79.4 Å². The predicted molar refractivity (Wildman–Crippen MR) is 49.6 cm³/mol. The summed E-state index contributed by atoms with van der Waals surface area (Å²) in [7, 11) is 0. The van der Waals surface area contributed by atoms with Gasteiger partial charge in [-0.25, -0.2) is 8.78 Å². The Morgan fingerprint density at radius 3 is 2.71 bits per heavy atom. The van der Waals surface area contributed by atoms with Crippen molar-refractivity contribution in [3.05, 3.63) is 41.6 Å². The maximum atomic E-state index is 13.2. The maximum Gasteiger partial charge on any atom is 0.135 e. The van der Waals surface area contributed by atoms with E-state index in [2.05, 4.69) is 4.98 Å². The van der Waals surface area contributed by atoms with E-state index in [1.54, 1.807) is 12.1 Å². The summed E-state index contributed by atoms with van der Waals surface area (Å²) in [6.07, 6.45) is 0. The van der Waals surface area contributed by atoms with Crippen LogP contribution in [0.2, 0.25) is 0 Å². The fourth-order valence-corrected chi connectivity index (χ4v) is 1.31. The molecule has 0 amide bonds. The molecule has 0 aliphatic heterocycles. The Hall–Kier alpha value is -1.55. The molecule has 2 aromatic rings. The Kier molecular flexibility index (Phi) is 2.13. The van der Waals surface area contributed by atoms with Crippen LogP contribution < -0.4 is 5.73 Å². The molecule has 0 saturated carbocycles. The molecule has 2 nitrogen and oxygen atoms in total. The summed E-state index contributed by atoms with van der Waals surface area (Å²) in [5.74, 6) is -1.23. The van der Waals surface area contributed by atoms with Crippen LogP contribution in [0.5, 0.6) is 0 Å². The minimum absolute atomic E-state index is 0.258. The monoisotopic (exact) mass is 194 g/mol. The number of benzene rings is 1. The van der Waals surface area contributed by atoms with E-state index in [1.165, 1.54) is 6.07 Å². The van der Waals surface area contributed by atoms with Gasteiger partial charge in [-0.1, -0.05) is 0 Å². The topological polar surface area (TPSA) is 38.9 Å². The van der Waals surface area contributed by atoms with Gasteiger partial charge in [0.1, 0.15) is 11.6 Å². The molecule has 2 rings (SSSR count). The van der Waals surface area contributed by atoms with Gasteiger partial charge in [-0.15, -0.1) is 0 Å². The van der Waals surface area contributed by atoms with Crippen LogP contribution in [0.3, 0.4) is 0 Å². The lowest BCUT2D eigenvalue weighted by molar-refractivity contribution is 0.591. The van der Waals surface area contributed by atoms with Gasteiger partial charge in [0.05, 0.1) is 11.2 Å². The van der Waals surface area contributed by atoms with Crippen molar-refractivity contribution in [2.45, 2.75) is 6.54 Å². The van der Waals surface area contributed by atoms with Crippen LogP contribution in [0.1, 0.15) is 5.69 Å². The van der Waals surface area contributed by atoms with Crippen LogP contribution in [-0.2, 0) is 6.54 Å². The summed E-state index contributed by atoms with van der Waals surface area (Å²) in [4.78, 5) is 4.01. The SMILES string of the molecule is NCc1ccc2c(F)cc(F)cc2n1. The van der Waals surface area contributed by atoms with Gasteiger partial charge in [-0.2, -0.15) is 0 Å². The fourth-order valence-electron chi connectivity index (χ4n) is 1.31. The highest BCUT2D eigenvalue weighted by molar-refractivity contribution is 5.79. The molecule has 0 aliphatic rings. The summed E-state index contributed by atoms with van der Waals surface area (Å²) in [6.45, 7) is 0.258. The molecule has 1 aromatic carbocycles. The summed E-state index contributed by atoms with van der Waals surface area (Å²) in [5, 5.41) is 0.309. The molecule has 0 spiro atoms. The van der Waals surface area contributed by atoms with E-state index in [0.717, 1.165) is 6.07 Å². The Balaban J connectivity index is 2.75. The Bertz CT molecular complexity index is 483. The molecule has 0 aliphatic carbocycles. The molecule has 14 heavy (non-hydrogen) atoms. The lowest BCUT2D eigenvalue weighted by Gasteiger charge is -2.01. The average molecular weight is 194 g/mol. The highest BCUT2D eigenvalue weighted by Crippen LogP contribution is 2.18. The van der Waals surface area contributed by atoms with Crippen molar-refractivity contribution in [3.63, 3.8) is 0 Å². The molecular formula is C10H8F2N2. The standard InChI is InChI=1S/C10H8F2N2/c11-6-3-9(12)8-2-1-7(5-13)14-10(8)4-6/h1-4H,5,13H2. The molecule has 0 unspecified atom stereocenters.